The highest BCUT2D eigenvalue weighted by Gasteiger charge is 2.29. The van der Waals surface area contributed by atoms with Crippen LogP contribution in [0.15, 0.2) is 291 Å². The summed E-state index contributed by atoms with van der Waals surface area (Å²) in [4.78, 5) is 2.48. The fourth-order valence-electron chi connectivity index (χ4n) is 13.7. The van der Waals surface area contributed by atoms with Crippen LogP contribution in [0.2, 0.25) is 0 Å². The van der Waals surface area contributed by atoms with Gasteiger partial charge < -0.3 is 4.90 Å². The van der Waals surface area contributed by atoms with E-state index < -0.39 is 0 Å². The van der Waals surface area contributed by atoms with E-state index in [2.05, 4.69) is 348 Å². The van der Waals surface area contributed by atoms with Gasteiger partial charge in [0.15, 0.2) is 0 Å². The topological polar surface area (TPSA) is 3.24 Å². The molecule has 0 aliphatic heterocycles. The molecule has 0 saturated heterocycles. The Morgan fingerprint density at radius 1 is 0.227 bits per heavy atom. The van der Waals surface area contributed by atoms with Crippen molar-refractivity contribution in [2.75, 3.05) is 4.90 Å². The number of hydrogen-bond acceptors (Lipinski definition) is 1. The van der Waals surface area contributed by atoms with Crippen molar-refractivity contribution in [3.8, 4) is 22.3 Å². The molecule has 0 amide bonds. The van der Waals surface area contributed by atoms with Gasteiger partial charge in [0.25, 0.3) is 0 Å². The largest absolute Gasteiger partial charge is 0.309 e. The standard InChI is InChI=1S/C87H65N/c1-57-29-37-61(38-30-57)41-43-63-45-51-66(52-46-63)81(65-49-33-59(3)34-50-65)82-69-17-5-7-19-71(69)83(72-20-8-6-18-70(72)82)84-73-21-9-11-23-75(73)85(76-24-12-10-22-74(76)84)86-77-25-13-15-27-79(77)87(80-28-16-14-26-78(80)86)88(67-53-35-60(4)36-54-67)68-55-47-64(48-56-68)44-42-62-39-31-58(2)32-40-62/h5-56,81H,1-4H3. The summed E-state index contributed by atoms with van der Waals surface area (Å²) in [6.45, 7) is 8.61. The van der Waals surface area contributed by atoms with Crippen molar-refractivity contribution in [1.29, 1.82) is 0 Å². The number of anilines is 3. The highest BCUT2D eigenvalue weighted by atomic mass is 15.1. The van der Waals surface area contributed by atoms with Crippen LogP contribution in [0.5, 0.6) is 0 Å². The first-order chi connectivity index (χ1) is 43.3. The molecule has 1 unspecified atom stereocenters. The Balaban J connectivity index is 0.944. The van der Waals surface area contributed by atoms with Crippen molar-refractivity contribution in [2.45, 2.75) is 33.6 Å². The van der Waals surface area contributed by atoms with Gasteiger partial charge in [-0.05, 0) is 167 Å². The van der Waals surface area contributed by atoms with E-state index in [0.717, 1.165) is 22.6 Å². The summed E-state index contributed by atoms with van der Waals surface area (Å²) in [6.07, 6.45) is 8.84. The Bertz CT molecular complexity index is 4680. The van der Waals surface area contributed by atoms with E-state index in [1.807, 2.05) is 0 Å². The molecule has 15 rings (SSSR count). The second kappa shape index (κ2) is 22.9. The van der Waals surface area contributed by atoms with Crippen LogP contribution in [-0.4, -0.2) is 0 Å². The normalized spacial score (nSPS) is 12.2. The number of nitrogens with zero attached hydrogens (tertiary/aromatic N) is 1. The van der Waals surface area contributed by atoms with Gasteiger partial charge in [0, 0.05) is 28.1 Å². The molecule has 0 aromatic heterocycles. The molecule has 0 heterocycles. The number of rotatable bonds is 12. The lowest BCUT2D eigenvalue weighted by Crippen LogP contribution is -2.11. The van der Waals surface area contributed by atoms with Gasteiger partial charge in [-0.1, -0.05) is 313 Å². The molecule has 15 aromatic carbocycles. The predicted molar refractivity (Wildman–Crippen MR) is 381 cm³/mol. The third kappa shape index (κ3) is 9.81. The fraction of sp³-hybridized carbons (Fsp3) is 0.0575. The number of fused-ring (bicyclic) bond motifs is 6. The maximum absolute atomic E-state index is 2.48. The van der Waals surface area contributed by atoms with Crippen molar-refractivity contribution in [1.82, 2.24) is 0 Å². The third-order valence-corrected chi connectivity index (χ3v) is 18.0. The molecule has 0 bridgehead atoms. The molecule has 1 heteroatoms. The van der Waals surface area contributed by atoms with Gasteiger partial charge in [-0.15, -0.1) is 0 Å². The Morgan fingerprint density at radius 2 is 0.443 bits per heavy atom. The van der Waals surface area contributed by atoms with E-state index in [1.165, 1.54) is 143 Å². The minimum atomic E-state index is -0.0483. The van der Waals surface area contributed by atoms with Crippen molar-refractivity contribution < 1.29 is 0 Å². The molecule has 418 valence electrons. The minimum Gasteiger partial charge on any atom is -0.309 e. The van der Waals surface area contributed by atoms with Gasteiger partial charge in [-0.25, -0.2) is 0 Å². The van der Waals surface area contributed by atoms with E-state index in [-0.39, 0.29) is 5.92 Å². The summed E-state index contributed by atoms with van der Waals surface area (Å²) >= 11 is 0. The Labute approximate surface area is 516 Å². The van der Waals surface area contributed by atoms with Gasteiger partial charge in [0.1, 0.15) is 0 Å². The Morgan fingerprint density at radius 3 is 0.773 bits per heavy atom. The van der Waals surface area contributed by atoms with Crippen LogP contribution in [0.1, 0.15) is 67.1 Å². The lowest BCUT2D eigenvalue weighted by atomic mass is 9.76. The maximum Gasteiger partial charge on any atom is 0.0618 e. The monoisotopic (exact) mass is 1120 g/mol. The van der Waals surface area contributed by atoms with Crippen molar-refractivity contribution in [3.63, 3.8) is 0 Å². The molecule has 0 aliphatic rings. The number of benzene rings is 15. The van der Waals surface area contributed by atoms with Crippen LogP contribution in [-0.2, 0) is 0 Å². The maximum atomic E-state index is 2.48. The zero-order valence-electron chi connectivity index (χ0n) is 50.0. The summed E-state index contributed by atoms with van der Waals surface area (Å²) < 4.78 is 0. The van der Waals surface area contributed by atoms with Crippen LogP contribution in [0.3, 0.4) is 0 Å². The lowest BCUT2D eigenvalue weighted by molar-refractivity contribution is 0.998. The molecule has 0 aliphatic carbocycles. The molecular formula is C87H65N. The van der Waals surface area contributed by atoms with Crippen LogP contribution in [0.25, 0.3) is 111 Å². The minimum absolute atomic E-state index is 0.0483. The van der Waals surface area contributed by atoms with E-state index in [0.29, 0.717) is 0 Å². The summed E-state index contributed by atoms with van der Waals surface area (Å²) in [5.74, 6) is -0.0483. The first kappa shape index (κ1) is 53.8. The average Bonchev–Trinajstić information content (AvgIpc) is 0.767. The van der Waals surface area contributed by atoms with Crippen LogP contribution in [0.4, 0.5) is 17.1 Å². The summed E-state index contributed by atoms with van der Waals surface area (Å²) in [7, 11) is 0. The Kier molecular flexibility index (Phi) is 14.0. The van der Waals surface area contributed by atoms with Crippen LogP contribution in [0, 0.1) is 27.7 Å². The molecule has 1 atom stereocenters. The molecule has 0 N–H and O–H groups in total. The fourth-order valence-corrected chi connectivity index (χ4v) is 13.7. The first-order valence-electron chi connectivity index (χ1n) is 30.8. The van der Waals surface area contributed by atoms with E-state index in [9.17, 15) is 0 Å². The van der Waals surface area contributed by atoms with Gasteiger partial charge >= 0.3 is 0 Å². The highest BCUT2D eigenvalue weighted by molar-refractivity contribution is 6.33. The third-order valence-electron chi connectivity index (χ3n) is 18.0. The van der Waals surface area contributed by atoms with Gasteiger partial charge in [0.05, 0.1) is 5.69 Å². The van der Waals surface area contributed by atoms with Crippen LogP contribution >= 0.6 is 0 Å². The first-order valence-corrected chi connectivity index (χ1v) is 30.8. The summed E-state index contributed by atoms with van der Waals surface area (Å²) in [6, 6.07) is 109. The van der Waals surface area contributed by atoms with Crippen molar-refractivity contribution >= 4 is 106 Å². The van der Waals surface area contributed by atoms with Gasteiger partial charge in [0.2, 0.25) is 0 Å². The van der Waals surface area contributed by atoms with E-state index in [1.54, 1.807) is 0 Å². The smallest absolute Gasteiger partial charge is 0.0618 e. The SMILES string of the molecule is Cc1ccc(C=Cc2ccc(C(c3ccc(C)cc3)c3c4ccccc4c(-c4c5ccccc5c(-c5c6ccccc6c(N(c6ccc(C)cc6)c6ccc(C=Cc7ccc(C)cc7)cc6)c6ccccc56)c5ccccc45)c4ccccc34)cc2)cc1. The Hall–Kier alpha value is -10.9. The molecule has 88 heavy (non-hydrogen) atoms. The molecular weight excluding hydrogens is 1060 g/mol. The van der Waals surface area contributed by atoms with Gasteiger partial charge in [-0.2, -0.15) is 0 Å². The quantitative estimate of drug-likeness (QED) is 0.0669. The molecule has 0 saturated carbocycles. The molecule has 15 aromatic rings. The van der Waals surface area contributed by atoms with E-state index in [4.69, 9.17) is 0 Å². The summed E-state index contributed by atoms with van der Waals surface area (Å²) in [5.41, 5.74) is 21.9. The highest BCUT2D eigenvalue weighted by Crippen LogP contribution is 2.54. The van der Waals surface area contributed by atoms with Crippen molar-refractivity contribution in [2.24, 2.45) is 0 Å². The summed E-state index contributed by atoms with van der Waals surface area (Å²) in [5, 5.41) is 14.6. The van der Waals surface area contributed by atoms with Gasteiger partial charge in [-0.3, -0.25) is 0 Å². The zero-order chi connectivity index (χ0) is 59.2. The zero-order valence-corrected chi connectivity index (χ0v) is 50.0. The predicted octanol–water partition coefficient (Wildman–Crippen LogP) is 24.2. The molecule has 0 radical (unpaired) electrons. The van der Waals surface area contributed by atoms with E-state index >= 15 is 0 Å². The molecule has 0 spiro atoms. The average molecular weight is 1120 g/mol. The number of aryl methyl sites for hydroxylation is 4. The van der Waals surface area contributed by atoms with Crippen molar-refractivity contribution in [3.05, 3.63) is 352 Å². The lowest BCUT2D eigenvalue weighted by Gasteiger charge is -2.30. The number of hydrogen-bond donors (Lipinski definition) is 0. The van der Waals surface area contributed by atoms with Crippen LogP contribution < -0.4 is 4.90 Å². The molecule has 0 fully saturated rings. The second-order valence-corrected chi connectivity index (χ2v) is 23.8. The molecule has 1 nitrogen and oxygen atoms in total. The second-order valence-electron chi connectivity index (χ2n) is 23.8.